The van der Waals surface area contributed by atoms with Crippen molar-refractivity contribution < 1.29 is 4.74 Å². The van der Waals surface area contributed by atoms with Gasteiger partial charge in [0.25, 0.3) is 0 Å². The number of ether oxygens (including phenoxy) is 1. The summed E-state index contributed by atoms with van der Waals surface area (Å²) in [6.07, 6.45) is 9.16. The molecule has 3 N–H and O–H groups in total. The summed E-state index contributed by atoms with van der Waals surface area (Å²) in [5.41, 5.74) is 9.75. The minimum absolute atomic E-state index is 0.290. The summed E-state index contributed by atoms with van der Waals surface area (Å²) in [7, 11) is 0. The van der Waals surface area contributed by atoms with E-state index < -0.39 is 0 Å². The Morgan fingerprint density at radius 2 is 2.03 bits per heavy atom. The highest BCUT2D eigenvalue weighted by Crippen LogP contribution is 2.33. The van der Waals surface area contributed by atoms with Crippen molar-refractivity contribution in [2.75, 3.05) is 26.2 Å². The molecule has 4 rings (SSSR count). The first kappa shape index (κ1) is 21.4. The van der Waals surface area contributed by atoms with Gasteiger partial charge in [-0.05, 0) is 68.8 Å². The monoisotopic (exact) mass is 408 g/mol. The summed E-state index contributed by atoms with van der Waals surface area (Å²) in [6, 6.07) is 15.7. The molecule has 0 radical (unpaired) electrons. The van der Waals surface area contributed by atoms with Gasteiger partial charge >= 0.3 is 0 Å². The van der Waals surface area contributed by atoms with Crippen molar-refractivity contribution in [3.63, 3.8) is 0 Å². The number of nitrogens with one attached hydrogen (secondary N) is 1. The molecule has 0 amide bonds. The Hall–Kier alpha value is -1.79. The molecule has 1 aromatic heterocycles. The molecule has 1 fully saturated rings. The van der Waals surface area contributed by atoms with Gasteiger partial charge in [-0.15, -0.1) is 0 Å². The molecule has 1 aromatic carbocycles. The fourth-order valence-electron chi connectivity index (χ4n) is 4.89. The van der Waals surface area contributed by atoms with Crippen molar-refractivity contribution in [3.8, 4) is 0 Å². The van der Waals surface area contributed by atoms with Crippen molar-refractivity contribution in [1.82, 2.24) is 15.2 Å². The Labute approximate surface area is 181 Å². The zero-order valence-electron chi connectivity index (χ0n) is 18.0. The van der Waals surface area contributed by atoms with Gasteiger partial charge in [0.1, 0.15) is 0 Å². The van der Waals surface area contributed by atoms with E-state index in [2.05, 4.69) is 46.6 Å². The van der Waals surface area contributed by atoms with E-state index in [-0.39, 0.29) is 6.10 Å². The fourth-order valence-corrected chi connectivity index (χ4v) is 4.89. The second kappa shape index (κ2) is 11.0. The quantitative estimate of drug-likeness (QED) is 0.590. The van der Waals surface area contributed by atoms with Crippen LogP contribution in [0.1, 0.15) is 55.0 Å². The summed E-state index contributed by atoms with van der Waals surface area (Å²) in [5.74, 6) is 0. The predicted molar refractivity (Wildman–Crippen MR) is 121 cm³/mol. The second-order valence-electron chi connectivity index (χ2n) is 8.71. The van der Waals surface area contributed by atoms with Gasteiger partial charge in [0, 0.05) is 25.3 Å². The number of rotatable bonds is 10. The normalized spacial score (nSPS) is 23.6. The molecule has 2 heterocycles. The van der Waals surface area contributed by atoms with Crippen LogP contribution >= 0.6 is 0 Å². The van der Waals surface area contributed by atoms with Crippen LogP contribution in [0.5, 0.6) is 0 Å². The predicted octanol–water partition coefficient (Wildman–Crippen LogP) is 3.45. The van der Waals surface area contributed by atoms with Crippen LogP contribution in [-0.2, 0) is 17.8 Å². The molecule has 0 unspecified atom stereocenters. The maximum absolute atomic E-state index is 6.19. The molecule has 5 nitrogen and oxygen atoms in total. The first-order chi connectivity index (χ1) is 14.8. The highest BCUT2D eigenvalue weighted by atomic mass is 16.5. The Bertz CT molecular complexity index is 769. The van der Waals surface area contributed by atoms with Crippen LogP contribution < -0.4 is 11.1 Å². The Kier molecular flexibility index (Phi) is 7.87. The molecule has 0 bridgehead atoms. The van der Waals surface area contributed by atoms with Gasteiger partial charge in [0.2, 0.25) is 0 Å². The minimum atomic E-state index is 0.290. The summed E-state index contributed by atoms with van der Waals surface area (Å²) in [4.78, 5) is 7.46. The average Bonchev–Trinajstić information content (AvgIpc) is 3.25. The van der Waals surface area contributed by atoms with E-state index in [1.54, 1.807) is 0 Å². The number of hydrogen-bond donors (Lipinski definition) is 2. The van der Waals surface area contributed by atoms with Crippen LogP contribution in [-0.4, -0.2) is 48.2 Å². The van der Waals surface area contributed by atoms with Crippen molar-refractivity contribution in [2.24, 2.45) is 5.73 Å². The largest absolute Gasteiger partial charge is 0.372 e. The zero-order chi connectivity index (χ0) is 20.6. The van der Waals surface area contributed by atoms with Gasteiger partial charge in [-0.3, -0.25) is 9.88 Å². The molecule has 1 aliphatic heterocycles. The van der Waals surface area contributed by atoms with Gasteiger partial charge in [-0.2, -0.15) is 0 Å². The van der Waals surface area contributed by atoms with E-state index in [1.807, 2.05) is 12.3 Å². The van der Waals surface area contributed by atoms with Crippen molar-refractivity contribution in [2.45, 2.75) is 63.3 Å². The first-order valence-electron chi connectivity index (χ1n) is 11.6. The van der Waals surface area contributed by atoms with Gasteiger partial charge in [-0.25, -0.2) is 0 Å². The molecule has 0 saturated carbocycles. The van der Waals surface area contributed by atoms with Crippen LogP contribution in [0, 0.1) is 0 Å². The van der Waals surface area contributed by atoms with E-state index in [0.717, 1.165) is 51.9 Å². The van der Waals surface area contributed by atoms with Crippen molar-refractivity contribution >= 4 is 0 Å². The summed E-state index contributed by atoms with van der Waals surface area (Å²) in [5, 5.41) is 3.72. The molecular formula is C25H36N4O. The van der Waals surface area contributed by atoms with Gasteiger partial charge in [0.05, 0.1) is 24.4 Å². The molecule has 1 aliphatic carbocycles. The number of hydrogen-bond acceptors (Lipinski definition) is 5. The summed E-state index contributed by atoms with van der Waals surface area (Å²) in [6.45, 7) is 4.54. The third-order valence-electron chi connectivity index (χ3n) is 6.47. The number of pyridine rings is 1. The minimum Gasteiger partial charge on any atom is -0.372 e. The van der Waals surface area contributed by atoms with Crippen LogP contribution in [0.2, 0.25) is 0 Å². The molecule has 30 heavy (non-hydrogen) atoms. The van der Waals surface area contributed by atoms with E-state index in [1.165, 1.54) is 29.7 Å². The number of aryl methyl sites for hydroxylation is 1. The Morgan fingerprint density at radius 3 is 2.90 bits per heavy atom. The number of nitrogens with zero attached hydrogens (tertiary/aromatic N) is 2. The van der Waals surface area contributed by atoms with Gasteiger partial charge in [0.15, 0.2) is 0 Å². The van der Waals surface area contributed by atoms with Crippen molar-refractivity contribution in [3.05, 3.63) is 65.5 Å². The summed E-state index contributed by atoms with van der Waals surface area (Å²) >= 11 is 0. The molecule has 2 aliphatic rings. The smallest absolute Gasteiger partial charge is 0.0721 e. The number of aromatic nitrogens is 1. The molecule has 2 aromatic rings. The van der Waals surface area contributed by atoms with Gasteiger partial charge < -0.3 is 15.8 Å². The molecular weight excluding hydrogens is 372 g/mol. The highest BCUT2D eigenvalue weighted by Gasteiger charge is 2.31. The maximum atomic E-state index is 6.19. The van der Waals surface area contributed by atoms with E-state index >= 15 is 0 Å². The van der Waals surface area contributed by atoms with Gasteiger partial charge in [-0.1, -0.05) is 36.4 Å². The van der Waals surface area contributed by atoms with E-state index in [9.17, 15) is 0 Å². The van der Waals surface area contributed by atoms with Crippen LogP contribution in [0.15, 0.2) is 48.7 Å². The molecule has 5 heteroatoms. The standard InChI is InChI=1S/C25H36N4O/c26-13-4-5-15-29(24-12-6-10-21-11-7-14-27-25(21)24)18-22-16-23(17-28-22)30-19-20-8-2-1-3-9-20/h1-3,7-9,11,14,22-24,28H,4-6,10,12-13,15-19,26H2/t22-,23+,24-/m0/s1. The van der Waals surface area contributed by atoms with E-state index in [4.69, 9.17) is 15.5 Å². The molecule has 0 spiro atoms. The number of nitrogens with two attached hydrogens (primary N) is 1. The molecule has 1 saturated heterocycles. The highest BCUT2D eigenvalue weighted by molar-refractivity contribution is 5.25. The summed E-state index contributed by atoms with van der Waals surface area (Å²) < 4.78 is 6.19. The third kappa shape index (κ3) is 5.67. The Morgan fingerprint density at radius 1 is 1.13 bits per heavy atom. The third-order valence-corrected chi connectivity index (χ3v) is 6.47. The number of fused-ring (bicyclic) bond motifs is 1. The lowest BCUT2D eigenvalue weighted by Crippen LogP contribution is -2.41. The van der Waals surface area contributed by atoms with Crippen LogP contribution in [0.4, 0.5) is 0 Å². The SMILES string of the molecule is NCCCCN(C[C@@H]1C[C@@H](OCc2ccccc2)CN1)[C@H]1CCCc2cccnc21. The lowest BCUT2D eigenvalue weighted by atomic mass is 9.90. The van der Waals surface area contributed by atoms with Crippen LogP contribution in [0.3, 0.4) is 0 Å². The zero-order valence-corrected chi connectivity index (χ0v) is 18.0. The molecule has 162 valence electrons. The van der Waals surface area contributed by atoms with Crippen molar-refractivity contribution in [1.29, 1.82) is 0 Å². The topological polar surface area (TPSA) is 63.4 Å². The Balaban J connectivity index is 1.35. The number of benzene rings is 1. The first-order valence-corrected chi connectivity index (χ1v) is 11.6. The average molecular weight is 409 g/mol. The maximum Gasteiger partial charge on any atom is 0.0721 e. The molecule has 3 atom stereocenters. The number of unbranched alkanes of at least 4 members (excludes halogenated alkanes) is 1. The fraction of sp³-hybridized carbons (Fsp3) is 0.560. The lowest BCUT2D eigenvalue weighted by Gasteiger charge is -2.36. The van der Waals surface area contributed by atoms with E-state index in [0.29, 0.717) is 18.7 Å². The second-order valence-corrected chi connectivity index (χ2v) is 8.71. The van der Waals surface area contributed by atoms with Crippen LogP contribution in [0.25, 0.3) is 0 Å². The lowest BCUT2D eigenvalue weighted by molar-refractivity contribution is 0.0509.